The quantitative estimate of drug-likeness (QED) is 0.717. The first-order chi connectivity index (χ1) is 12.1. The van der Waals surface area contributed by atoms with Crippen LogP contribution in [0.25, 0.3) is 17.4 Å². The summed E-state index contributed by atoms with van der Waals surface area (Å²) in [6, 6.07) is 0. The molecule has 4 rings (SSSR count). The summed E-state index contributed by atoms with van der Waals surface area (Å²) in [6.07, 6.45) is 6.94. The van der Waals surface area contributed by atoms with Gasteiger partial charge in [0.15, 0.2) is 17.5 Å². The molecule has 1 saturated carbocycles. The Kier molecular flexibility index (Phi) is 4.06. The van der Waals surface area contributed by atoms with E-state index in [1.165, 1.54) is 6.33 Å². The lowest BCUT2D eigenvalue weighted by atomic mass is 10.1. The van der Waals surface area contributed by atoms with Crippen molar-refractivity contribution in [3.63, 3.8) is 0 Å². The number of ether oxygens (including phenoxy) is 2. The Labute approximate surface area is 143 Å². The molecule has 0 aromatic carbocycles. The zero-order chi connectivity index (χ0) is 17.4. The van der Waals surface area contributed by atoms with E-state index in [4.69, 9.17) is 15.2 Å². The molecule has 0 amide bonds. The number of aliphatic hydroxyl groups excluding tert-OH is 1. The molecule has 1 unspecified atom stereocenters. The number of imidazole rings is 1. The van der Waals surface area contributed by atoms with Crippen LogP contribution < -0.4 is 11.3 Å². The molecule has 0 spiro atoms. The fourth-order valence-electron chi connectivity index (χ4n) is 3.15. The number of nitrogen functional groups attached to an aromatic ring is 1. The molecule has 9 heteroatoms. The van der Waals surface area contributed by atoms with Gasteiger partial charge in [0.2, 0.25) is 5.95 Å². The first-order valence-corrected chi connectivity index (χ1v) is 8.39. The second-order valence-electron chi connectivity index (χ2n) is 6.65. The molecular formula is C16H21N5O4. The van der Waals surface area contributed by atoms with Crippen molar-refractivity contribution in [2.24, 2.45) is 5.41 Å². The molecule has 2 aliphatic rings. The highest BCUT2D eigenvalue weighted by molar-refractivity contribution is 5.73. The molecule has 9 nitrogen and oxygen atoms in total. The summed E-state index contributed by atoms with van der Waals surface area (Å²) >= 11 is 0. The highest BCUT2D eigenvalue weighted by Gasteiger charge is 2.49. The summed E-state index contributed by atoms with van der Waals surface area (Å²) in [6.45, 7) is 1.12. The highest BCUT2D eigenvalue weighted by atomic mass is 16.7. The SMILES string of the molecule is Nc1nc2c(ncn2/C=C2/C[C@@]2(CO)COC2CCCCO2)c(=O)[nH]1. The number of hydrogen-bond donors (Lipinski definition) is 3. The minimum absolute atomic E-state index is 0.00562. The first-order valence-electron chi connectivity index (χ1n) is 8.39. The molecule has 0 radical (unpaired) electrons. The Morgan fingerprint density at radius 3 is 3.20 bits per heavy atom. The standard InChI is InChI=1S/C16H21N5O4/c17-15-19-13-12(14(23)20-15)18-9-21(13)6-10-5-16(10,7-22)8-25-11-3-1-2-4-24-11/h6,9,11,22H,1-5,7-8H2,(H3,17,19,20,23)/b10-6-/t11?,16-/m1/s1. The maximum Gasteiger partial charge on any atom is 0.280 e. The summed E-state index contributed by atoms with van der Waals surface area (Å²) in [4.78, 5) is 22.5. The van der Waals surface area contributed by atoms with Crippen LogP contribution in [0.15, 0.2) is 16.7 Å². The van der Waals surface area contributed by atoms with Gasteiger partial charge in [0.05, 0.1) is 13.2 Å². The molecule has 4 N–H and O–H groups in total. The number of aromatic nitrogens is 4. The van der Waals surface area contributed by atoms with Crippen LogP contribution in [-0.2, 0) is 9.47 Å². The highest BCUT2D eigenvalue weighted by Crippen LogP contribution is 2.52. The number of H-pyrrole nitrogens is 1. The Bertz CT molecular complexity index is 867. The third-order valence-corrected chi connectivity index (χ3v) is 4.82. The zero-order valence-electron chi connectivity index (χ0n) is 13.8. The molecule has 25 heavy (non-hydrogen) atoms. The number of anilines is 1. The fraction of sp³-hybridized carbons (Fsp3) is 0.562. The second kappa shape index (κ2) is 6.25. The van der Waals surface area contributed by atoms with Crippen LogP contribution in [-0.4, -0.2) is 50.7 Å². The molecule has 1 aliphatic carbocycles. The van der Waals surface area contributed by atoms with Gasteiger partial charge in [-0.3, -0.25) is 14.3 Å². The lowest BCUT2D eigenvalue weighted by molar-refractivity contribution is -0.172. The van der Waals surface area contributed by atoms with E-state index in [2.05, 4.69) is 15.0 Å². The van der Waals surface area contributed by atoms with Gasteiger partial charge in [0.25, 0.3) is 5.56 Å². The van der Waals surface area contributed by atoms with Crippen LogP contribution in [0.2, 0.25) is 0 Å². The van der Waals surface area contributed by atoms with Crippen molar-refractivity contribution < 1.29 is 14.6 Å². The number of fused-ring (bicyclic) bond motifs is 1. The van der Waals surface area contributed by atoms with E-state index < -0.39 is 5.41 Å². The molecule has 2 aromatic heterocycles. The van der Waals surface area contributed by atoms with Crippen LogP contribution in [0.5, 0.6) is 0 Å². The van der Waals surface area contributed by atoms with Gasteiger partial charge >= 0.3 is 0 Å². The molecule has 2 aromatic rings. The summed E-state index contributed by atoms with van der Waals surface area (Å²) in [5, 5.41) is 9.81. The number of hydrogen-bond acceptors (Lipinski definition) is 7. The maximum atomic E-state index is 11.8. The lowest BCUT2D eigenvalue weighted by Gasteiger charge is -2.24. The van der Waals surface area contributed by atoms with E-state index >= 15 is 0 Å². The van der Waals surface area contributed by atoms with Gasteiger partial charge in [0, 0.05) is 18.2 Å². The Morgan fingerprint density at radius 2 is 2.44 bits per heavy atom. The number of aromatic amines is 1. The van der Waals surface area contributed by atoms with Gasteiger partial charge in [-0.05, 0) is 31.3 Å². The van der Waals surface area contributed by atoms with E-state index in [1.54, 1.807) is 4.57 Å². The van der Waals surface area contributed by atoms with Crippen LogP contribution in [0.4, 0.5) is 5.95 Å². The van der Waals surface area contributed by atoms with Gasteiger partial charge in [-0.25, -0.2) is 4.98 Å². The van der Waals surface area contributed by atoms with Crippen LogP contribution in [0.1, 0.15) is 25.7 Å². The van der Waals surface area contributed by atoms with E-state index in [0.29, 0.717) is 18.7 Å². The predicted octanol–water partition coefficient (Wildman–Crippen LogP) is 0.468. The molecule has 134 valence electrons. The Balaban J connectivity index is 1.53. The summed E-state index contributed by atoms with van der Waals surface area (Å²) in [5.74, 6) is 0.0413. The van der Waals surface area contributed by atoms with Crippen molar-refractivity contribution in [3.05, 3.63) is 22.3 Å². The van der Waals surface area contributed by atoms with E-state index in [0.717, 1.165) is 31.4 Å². The van der Waals surface area contributed by atoms with E-state index in [-0.39, 0.29) is 29.9 Å². The number of rotatable bonds is 5. The van der Waals surface area contributed by atoms with Gasteiger partial charge in [-0.2, -0.15) is 4.98 Å². The Hall–Kier alpha value is -2.23. The molecule has 1 aliphatic heterocycles. The number of nitrogens with zero attached hydrogens (tertiary/aromatic N) is 3. The predicted molar refractivity (Wildman–Crippen MR) is 90.5 cm³/mol. The average molecular weight is 347 g/mol. The number of nitrogens with two attached hydrogens (primary N) is 1. The maximum absolute atomic E-state index is 11.8. The van der Waals surface area contributed by atoms with Crippen molar-refractivity contribution in [2.45, 2.75) is 32.0 Å². The second-order valence-corrected chi connectivity index (χ2v) is 6.65. The number of aliphatic hydroxyl groups is 1. The van der Waals surface area contributed by atoms with Crippen molar-refractivity contribution in [2.75, 3.05) is 25.6 Å². The van der Waals surface area contributed by atoms with Gasteiger partial charge in [-0.1, -0.05) is 0 Å². The topological polar surface area (TPSA) is 128 Å². The van der Waals surface area contributed by atoms with E-state index in [1.807, 2.05) is 6.20 Å². The molecular weight excluding hydrogens is 326 g/mol. The third-order valence-electron chi connectivity index (χ3n) is 4.82. The van der Waals surface area contributed by atoms with Crippen molar-refractivity contribution >= 4 is 23.3 Å². The van der Waals surface area contributed by atoms with Gasteiger partial charge < -0.3 is 20.3 Å². The monoisotopic (exact) mass is 347 g/mol. The normalized spacial score (nSPS) is 27.9. The van der Waals surface area contributed by atoms with Crippen molar-refractivity contribution in [1.29, 1.82) is 0 Å². The number of nitrogens with one attached hydrogen (secondary N) is 1. The van der Waals surface area contributed by atoms with Crippen molar-refractivity contribution in [1.82, 2.24) is 19.5 Å². The largest absolute Gasteiger partial charge is 0.395 e. The summed E-state index contributed by atoms with van der Waals surface area (Å²) in [5.41, 5.74) is 6.48. The minimum atomic E-state index is -0.399. The summed E-state index contributed by atoms with van der Waals surface area (Å²) < 4.78 is 13.1. The minimum Gasteiger partial charge on any atom is -0.395 e. The lowest BCUT2D eigenvalue weighted by Crippen LogP contribution is -2.27. The van der Waals surface area contributed by atoms with Gasteiger partial charge in [0.1, 0.15) is 6.33 Å². The van der Waals surface area contributed by atoms with Crippen LogP contribution >= 0.6 is 0 Å². The molecule has 0 bridgehead atoms. The smallest absolute Gasteiger partial charge is 0.280 e. The zero-order valence-corrected chi connectivity index (χ0v) is 13.8. The fourth-order valence-corrected chi connectivity index (χ4v) is 3.15. The van der Waals surface area contributed by atoms with E-state index in [9.17, 15) is 9.90 Å². The van der Waals surface area contributed by atoms with Gasteiger partial charge in [-0.15, -0.1) is 0 Å². The third kappa shape index (κ3) is 3.06. The first kappa shape index (κ1) is 16.2. The Morgan fingerprint density at radius 1 is 1.56 bits per heavy atom. The molecule has 2 fully saturated rings. The van der Waals surface area contributed by atoms with Crippen molar-refractivity contribution in [3.8, 4) is 0 Å². The molecule has 3 heterocycles. The average Bonchev–Trinajstić information content (AvgIpc) is 3.16. The molecule has 1 saturated heterocycles. The van der Waals surface area contributed by atoms with Crippen LogP contribution in [0.3, 0.4) is 0 Å². The summed E-state index contributed by atoms with van der Waals surface area (Å²) in [7, 11) is 0. The molecule has 2 atom stereocenters. The van der Waals surface area contributed by atoms with Crippen LogP contribution in [0, 0.1) is 5.41 Å².